The Hall–Kier alpha value is -1.39. The molecule has 2 aromatic rings. The van der Waals surface area contributed by atoms with Crippen molar-refractivity contribution in [1.29, 1.82) is 0 Å². The molecule has 1 aliphatic rings. The molecule has 0 saturated carbocycles. The summed E-state index contributed by atoms with van der Waals surface area (Å²) < 4.78 is 1.18. The number of benzene rings is 1. The van der Waals surface area contributed by atoms with Gasteiger partial charge in [-0.15, -0.1) is 11.3 Å². The number of rotatable bonds is 2. The maximum absolute atomic E-state index is 12.7. The van der Waals surface area contributed by atoms with Crippen LogP contribution in [-0.4, -0.2) is 30.4 Å². The van der Waals surface area contributed by atoms with Crippen molar-refractivity contribution in [1.82, 2.24) is 4.90 Å². The van der Waals surface area contributed by atoms with Crippen LogP contribution in [0.5, 0.6) is 0 Å². The first-order chi connectivity index (χ1) is 9.70. The molecule has 2 heterocycles. The summed E-state index contributed by atoms with van der Waals surface area (Å²) in [5.41, 5.74) is 6.67. The monoisotopic (exact) mass is 288 g/mol. The molecule has 0 bridgehead atoms. The molecular weight excluding hydrogens is 268 g/mol. The van der Waals surface area contributed by atoms with E-state index in [1.54, 1.807) is 11.3 Å². The van der Waals surface area contributed by atoms with Crippen molar-refractivity contribution >= 4 is 27.3 Å². The lowest BCUT2D eigenvalue weighted by Crippen LogP contribution is -2.45. The van der Waals surface area contributed by atoms with Crippen LogP contribution in [0.4, 0.5) is 0 Å². The number of carbonyl (C=O) groups is 1. The summed E-state index contributed by atoms with van der Waals surface area (Å²) in [5.74, 6) is 1.20. The molecule has 2 unspecified atom stereocenters. The lowest BCUT2D eigenvalue weighted by molar-refractivity contribution is 0.0621. The Morgan fingerprint density at radius 1 is 1.45 bits per heavy atom. The first-order valence-electron chi connectivity index (χ1n) is 7.16. The van der Waals surface area contributed by atoms with Gasteiger partial charge in [-0.05, 0) is 30.9 Å². The fraction of sp³-hybridized carbons (Fsp3) is 0.438. The minimum Gasteiger partial charge on any atom is -0.338 e. The molecule has 2 atom stereocenters. The van der Waals surface area contributed by atoms with Crippen LogP contribution < -0.4 is 5.73 Å². The van der Waals surface area contributed by atoms with E-state index >= 15 is 0 Å². The van der Waals surface area contributed by atoms with Crippen LogP contribution in [-0.2, 0) is 0 Å². The number of hydrogen-bond acceptors (Lipinski definition) is 3. The first-order valence-corrected chi connectivity index (χ1v) is 8.04. The highest BCUT2D eigenvalue weighted by atomic mass is 32.1. The minimum absolute atomic E-state index is 0.160. The van der Waals surface area contributed by atoms with Crippen molar-refractivity contribution in [3.05, 3.63) is 35.2 Å². The van der Waals surface area contributed by atoms with Gasteiger partial charge in [0.1, 0.15) is 0 Å². The molecular formula is C16H20N2OS. The largest absolute Gasteiger partial charge is 0.338 e. The lowest BCUT2D eigenvalue weighted by atomic mass is 9.87. The minimum atomic E-state index is 0.160. The van der Waals surface area contributed by atoms with E-state index in [-0.39, 0.29) is 5.91 Å². The number of carbonyl (C=O) groups excluding carboxylic acids is 1. The van der Waals surface area contributed by atoms with Gasteiger partial charge in [-0.3, -0.25) is 4.79 Å². The number of likely N-dealkylation sites (tertiary alicyclic amines) is 1. The molecule has 1 aromatic carbocycles. The van der Waals surface area contributed by atoms with Crippen LogP contribution in [0, 0.1) is 11.8 Å². The summed E-state index contributed by atoms with van der Waals surface area (Å²) in [6, 6.07) is 8.11. The molecule has 3 nitrogen and oxygen atoms in total. The predicted octanol–water partition coefficient (Wildman–Crippen LogP) is 2.96. The predicted molar refractivity (Wildman–Crippen MR) is 84.1 cm³/mol. The summed E-state index contributed by atoms with van der Waals surface area (Å²) >= 11 is 1.64. The van der Waals surface area contributed by atoms with E-state index in [1.165, 1.54) is 4.70 Å². The maximum Gasteiger partial charge on any atom is 0.255 e. The van der Waals surface area contributed by atoms with Gasteiger partial charge in [0.15, 0.2) is 0 Å². The molecule has 1 amide bonds. The number of nitrogens with zero attached hydrogens (tertiary/aromatic N) is 1. The van der Waals surface area contributed by atoms with Gasteiger partial charge in [-0.1, -0.05) is 25.1 Å². The highest BCUT2D eigenvalue weighted by Gasteiger charge is 2.29. The number of fused-ring (bicyclic) bond motifs is 1. The SMILES string of the molecule is CC1CCN(C(=O)c2csc3ccccc23)CC1CN. The lowest BCUT2D eigenvalue weighted by Gasteiger charge is -2.36. The number of nitrogens with two attached hydrogens (primary N) is 1. The van der Waals surface area contributed by atoms with Crippen LogP contribution in [0.15, 0.2) is 29.6 Å². The van der Waals surface area contributed by atoms with E-state index in [0.717, 1.165) is 30.5 Å². The van der Waals surface area contributed by atoms with Crippen molar-refractivity contribution < 1.29 is 4.79 Å². The van der Waals surface area contributed by atoms with Gasteiger partial charge in [0.25, 0.3) is 5.91 Å². The molecule has 1 saturated heterocycles. The molecule has 1 fully saturated rings. The fourth-order valence-electron chi connectivity index (χ4n) is 2.95. The van der Waals surface area contributed by atoms with E-state index in [0.29, 0.717) is 18.4 Å². The Morgan fingerprint density at radius 2 is 2.25 bits per heavy atom. The summed E-state index contributed by atoms with van der Waals surface area (Å²) in [6.07, 6.45) is 1.05. The average molecular weight is 288 g/mol. The first kappa shape index (κ1) is 13.6. The van der Waals surface area contributed by atoms with E-state index in [2.05, 4.69) is 13.0 Å². The number of hydrogen-bond donors (Lipinski definition) is 1. The van der Waals surface area contributed by atoms with Crippen molar-refractivity contribution in [2.45, 2.75) is 13.3 Å². The number of amides is 1. The molecule has 4 heteroatoms. The van der Waals surface area contributed by atoms with Gasteiger partial charge in [0, 0.05) is 28.6 Å². The number of piperidine rings is 1. The van der Waals surface area contributed by atoms with Crippen molar-refractivity contribution in [2.75, 3.05) is 19.6 Å². The zero-order valence-electron chi connectivity index (χ0n) is 11.7. The van der Waals surface area contributed by atoms with Crippen molar-refractivity contribution in [3.8, 4) is 0 Å². The zero-order valence-corrected chi connectivity index (χ0v) is 12.5. The second-order valence-electron chi connectivity index (χ2n) is 5.66. The quantitative estimate of drug-likeness (QED) is 0.923. The molecule has 1 aliphatic heterocycles. The zero-order chi connectivity index (χ0) is 14.1. The van der Waals surface area contributed by atoms with Gasteiger partial charge in [0.2, 0.25) is 0 Å². The van der Waals surface area contributed by atoms with Crippen LogP contribution >= 0.6 is 11.3 Å². The highest BCUT2D eigenvalue weighted by molar-refractivity contribution is 7.17. The number of thiophene rings is 1. The molecule has 106 valence electrons. The molecule has 3 rings (SSSR count). The topological polar surface area (TPSA) is 46.3 Å². The summed E-state index contributed by atoms with van der Waals surface area (Å²) in [6.45, 7) is 4.54. The molecule has 0 spiro atoms. The van der Waals surface area contributed by atoms with E-state index in [4.69, 9.17) is 5.73 Å². The second-order valence-corrected chi connectivity index (χ2v) is 6.57. The van der Waals surface area contributed by atoms with Crippen LogP contribution in [0.25, 0.3) is 10.1 Å². The Balaban J connectivity index is 1.85. The molecule has 2 N–H and O–H groups in total. The maximum atomic E-state index is 12.7. The Labute approximate surface area is 123 Å². The van der Waals surface area contributed by atoms with Gasteiger partial charge >= 0.3 is 0 Å². The van der Waals surface area contributed by atoms with E-state index < -0.39 is 0 Å². The second kappa shape index (κ2) is 5.54. The van der Waals surface area contributed by atoms with Crippen LogP contribution in [0.3, 0.4) is 0 Å². The van der Waals surface area contributed by atoms with Gasteiger partial charge in [-0.25, -0.2) is 0 Å². The Bertz CT molecular complexity index is 622. The third-order valence-corrected chi connectivity index (χ3v) is 5.38. The molecule has 0 aliphatic carbocycles. The third kappa shape index (κ3) is 2.34. The fourth-order valence-corrected chi connectivity index (χ4v) is 3.89. The van der Waals surface area contributed by atoms with Crippen LogP contribution in [0.2, 0.25) is 0 Å². The molecule has 0 radical (unpaired) electrons. The standard InChI is InChI=1S/C16H20N2OS/c1-11-6-7-18(9-12(11)8-17)16(19)14-10-20-15-5-3-2-4-13(14)15/h2-5,10-12H,6-9,17H2,1H3. The van der Waals surface area contributed by atoms with Gasteiger partial charge in [-0.2, -0.15) is 0 Å². The van der Waals surface area contributed by atoms with Crippen molar-refractivity contribution in [3.63, 3.8) is 0 Å². The van der Waals surface area contributed by atoms with Crippen molar-refractivity contribution in [2.24, 2.45) is 17.6 Å². The third-order valence-electron chi connectivity index (χ3n) is 4.42. The van der Waals surface area contributed by atoms with E-state index in [1.807, 2.05) is 28.5 Å². The average Bonchev–Trinajstić information content (AvgIpc) is 2.91. The normalized spacial score (nSPS) is 23.2. The Morgan fingerprint density at radius 3 is 3.05 bits per heavy atom. The highest BCUT2D eigenvalue weighted by Crippen LogP contribution is 2.29. The molecule has 20 heavy (non-hydrogen) atoms. The summed E-state index contributed by atoms with van der Waals surface area (Å²) in [7, 11) is 0. The van der Waals surface area contributed by atoms with Crippen LogP contribution in [0.1, 0.15) is 23.7 Å². The summed E-state index contributed by atoms with van der Waals surface area (Å²) in [4.78, 5) is 14.7. The Kier molecular flexibility index (Phi) is 3.76. The molecule has 1 aromatic heterocycles. The summed E-state index contributed by atoms with van der Waals surface area (Å²) in [5, 5.41) is 3.06. The smallest absolute Gasteiger partial charge is 0.255 e. The van der Waals surface area contributed by atoms with Gasteiger partial charge in [0.05, 0.1) is 5.56 Å². The van der Waals surface area contributed by atoms with Gasteiger partial charge < -0.3 is 10.6 Å². The van der Waals surface area contributed by atoms with E-state index in [9.17, 15) is 4.79 Å².